The topological polar surface area (TPSA) is 35.2 Å². The first-order valence-corrected chi connectivity index (χ1v) is 6.35. The Labute approximate surface area is 102 Å². The Kier molecular flexibility index (Phi) is 3.87. The van der Waals surface area contributed by atoms with Gasteiger partial charge in [0.25, 0.3) is 0 Å². The zero-order chi connectivity index (χ0) is 12.3. The lowest BCUT2D eigenvalue weighted by molar-refractivity contribution is 0.209. The zero-order valence-corrected chi connectivity index (χ0v) is 10.3. The van der Waals surface area contributed by atoms with Crippen LogP contribution in [0.25, 0.3) is 0 Å². The molecule has 1 fully saturated rings. The standard InChI is InChI=1S/C14H20FNO/c1-10-7-14(13(16)8-12(10)15)17-9-11-5-3-2-4-6-11/h7-8,11H,2-6,9,16H2,1H3. The quantitative estimate of drug-likeness (QED) is 0.814. The van der Waals surface area contributed by atoms with E-state index in [1.807, 2.05) is 0 Å². The van der Waals surface area contributed by atoms with Crippen molar-refractivity contribution in [1.82, 2.24) is 0 Å². The number of hydrogen-bond acceptors (Lipinski definition) is 2. The molecule has 1 aliphatic rings. The highest BCUT2D eigenvalue weighted by atomic mass is 19.1. The van der Waals surface area contributed by atoms with E-state index < -0.39 is 0 Å². The van der Waals surface area contributed by atoms with Gasteiger partial charge in [0, 0.05) is 6.07 Å². The Bertz CT molecular complexity index is 386. The maximum absolute atomic E-state index is 13.2. The molecule has 0 saturated heterocycles. The van der Waals surface area contributed by atoms with E-state index in [4.69, 9.17) is 10.5 Å². The second kappa shape index (κ2) is 5.39. The van der Waals surface area contributed by atoms with Crippen LogP contribution >= 0.6 is 0 Å². The van der Waals surface area contributed by atoms with Crippen molar-refractivity contribution >= 4 is 5.69 Å². The first kappa shape index (κ1) is 12.2. The lowest BCUT2D eigenvalue weighted by Crippen LogP contribution is -2.15. The summed E-state index contributed by atoms with van der Waals surface area (Å²) in [6.45, 7) is 2.43. The highest BCUT2D eigenvalue weighted by Crippen LogP contribution is 2.28. The third-order valence-corrected chi connectivity index (χ3v) is 3.49. The van der Waals surface area contributed by atoms with E-state index in [9.17, 15) is 4.39 Å². The average molecular weight is 237 g/mol. The fraction of sp³-hybridized carbons (Fsp3) is 0.571. The van der Waals surface area contributed by atoms with Gasteiger partial charge in [0.15, 0.2) is 0 Å². The highest BCUT2D eigenvalue weighted by molar-refractivity contribution is 5.54. The Morgan fingerprint density at radius 2 is 2.00 bits per heavy atom. The van der Waals surface area contributed by atoms with Crippen molar-refractivity contribution in [1.29, 1.82) is 0 Å². The summed E-state index contributed by atoms with van der Waals surface area (Å²) in [6, 6.07) is 3.03. The van der Waals surface area contributed by atoms with Crippen LogP contribution in [-0.4, -0.2) is 6.61 Å². The van der Waals surface area contributed by atoms with Gasteiger partial charge in [0.2, 0.25) is 0 Å². The number of rotatable bonds is 3. The first-order valence-electron chi connectivity index (χ1n) is 6.35. The number of benzene rings is 1. The molecule has 2 rings (SSSR count). The van der Waals surface area contributed by atoms with Gasteiger partial charge >= 0.3 is 0 Å². The van der Waals surface area contributed by atoms with Crippen molar-refractivity contribution < 1.29 is 9.13 Å². The Hall–Kier alpha value is -1.25. The molecule has 0 heterocycles. The van der Waals surface area contributed by atoms with Gasteiger partial charge in [-0.1, -0.05) is 19.3 Å². The summed E-state index contributed by atoms with van der Waals surface area (Å²) in [5, 5.41) is 0. The second-order valence-electron chi connectivity index (χ2n) is 4.95. The van der Waals surface area contributed by atoms with Crippen molar-refractivity contribution in [3.05, 3.63) is 23.5 Å². The minimum atomic E-state index is -0.271. The maximum Gasteiger partial charge on any atom is 0.142 e. The van der Waals surface area contributed by atoms with E-state index in [2.05, 4.69) is 0 Å². The predicted molar refractivity (Wildman–Crippen MR) is 67.6 cm³/mol. The van der Waals surface area contributed by atoms with Crippen molar-refractivity contribution in [3.63, 3.8) is 0 Å². The molecule has 0 unspecified atom stereocenters. The molecule has 0 radical (unpaired) electrons. The summed E-state index contributed by atoms with van der Waals surface area (Å²) < 4.78 is 18.9. The van der Waals surface area contributed by atoms with Gasteiger partial charge in [0.05, 0.1) is 12.3 Å². The molecule has 1 aromatic carbocycles. The molecule has 17 heavy (non-hydrogen) atoms. The van der Waals surface area contributed by atoms with Crippen LogP contribution in [-0.2, 0) is 0 Å². The fourth-order valence-corrected chi connectivity index (χ4v) is 2.36. The number of aryl methyl sites for hydroxylation is 1. The molecular weight excluding hydrogens is 217 g/mol. The fourth-order valence-electron chi connectivity index (χ4n) is 2.36. The third kappa shape index (κ3) is 3.11. The zero-order valence-electron chi connectivity index (χ0n) is 10.3. The van der Waals surface area contributed by atoms with Crippen LogP contribution in [0.5, 0.6) is 5.75 Å². The van der Waals surface area contributed by atoms with Crippen LogP contribution in [0.4, 0.5) is 10.1 Å². The van der Waals surface area contributed by atoms with Crippen molar-refractivity contribution in [2.24, 2.45) is 5.92 Å². The third-order valence-electron chi connectivity index (χ3n) is 3.49. The van der Waals surface area contributed by atoms with E-state index in [1.165, 1.54) is 38.2 Å². The van der Waals surface area contributed by atoms with E-state index in [1.54, 1.807) is 13.0 Å². The molecule has 1 aliphatic carbocycles. The first-order chi connectivity index (χ1) is 8.16. The lowest BCUT2D eigenvalue weighted by Gasteiger charge is -2.22. The Morgan fingerprint density at radius 1 is 1.29 bits per heavy atom. The molecule has 1 aromatic rings. The summed E-state index contributed by atoms with van der Waals surface area (Å²) in [5.41, 5.74) is 6.71. The summed E-state index contributed by atoms with van der Waals surface area (Å²) >= 11 is 0. The van der Waals surface area contributed by atoms with Gasteiger partial charge < -0.3 is 10.5 Å². The molecule has 0 atom stereocenters. The van der Waals surface area contributed by atoms with Crippen LogP contribution in [0.3, 0.4) is 0 Å². The van der Waals surface area contributed by atoms with E-state index in [0.29, 0.717) is 29.5 Å². The molecule has 3 heteroatoms. The molecule has 0 aromatic heterocycles. The average Bonchev–Trinajstić information content (AvgIpc) is 2.33. The van der Waals surface area contributed by atoms with Crippen LogP contribution < -0.4 is 10.5 Å². The van der Waals surface area contributed by atoms with Gasteiger partial charge in [0.1, 0.15) is 11.6 Å². The van der Waals surface area contributed by atoms with Crippen LogP contribution in [0.1, 0.15) is 37.7 Å². The molecule has 2 nitrogen and oxygen atoms in total. The number of ether oxygens (including phenoxy) is 1. The lowest BCUT2D eigenvalue weighted by atomic mass is 9.90. The highest BCUT2D eigenvalue weighted by Gasteiger charge is 2.15. The van der Waals surface area contributed by atoms with Gasteiger partial charge in [-0.05, 0) is 37.3 Å². The number of hydrogen-bond donors (Lipinski definition) is 1. The van der Waals surface area contributed by atoms with Crippen molar-refractivity contribution in [3.8, 4) is 5.75 Å². The maximum atomic E-state index is 13.2. The van der Waals surface area contributed by atoms with Crippen LogP contribution in [0, 0.1) is 18.7 Å². The number of nitrogen functional groups attached to an aromatic ring is 1. The summed E-state index contributed by atoms with van der Waals surface area (Å²) in [5.74, 6) is 0.982. The molecule has 0 bridgehead atoms. The normalized spacial score (nSPS) is 17.1. The van der Waals surface area contributed by atoms with Crippen molar-refractivity contribution in [2.75, 3.05) is 12.3 Å². The van der Waals surface area contributed by atoms with Gasteiger partial charge in [-0.2, -0.15) is 0 Å². The summed E-state index contributed by atoms with van der Waals surface area (Å²) in [4.78, 5) is 0. The number of nitrogens with two attached hydrogens (primary N) is 1. The van der Waals surface area contributed by atoms with Crippen LogP contribution in [0.15, 0.2) is 12.1 Å². The van der Waals surface area contributed by atoms with Crippen LogP contribution in [0.2, 0.25) is 0 Å². The Balaban J connectivity index is 1.96. The van der Waals surface area contributed by atoms with E-state index in [-0.39, 0.29) is 5.82 Å². The molecule has 94 valence electrons. The minimum Gasteiger partial charge on any atom is -0.491 e. The van der Waals surface area contributed by atoms with Gasteiger partial charge in [-0.15, -0.1) is 0 Å². The molecule has 0 aliphatic heterocycles. The Morgan fingerprint density at radius 3 is 2.71 bits per heavy atom. The van der Waals surface area contributed by atoms with Crippen molar-refractivity contribution in [2.45, 2.75) is 39.0 Å². The van der Waals surface area contributed by atoms with Gasteiger partial charge in [-0.3, -0.25) is 0 Å². The number of anilines is 1. The number of halogens is 1. The molecule has 1 saturated carbocycles. The second-order valence-corrected chi connectivity index (χ2v) is 4.95. The largest absolute Gasteiger partial charge is 0.491 e. The minimum absolute atomic E-state index is 0.271. The monoisotopic (exact) mass is 237 g/mol. The molecule has 0 amide bonds. The smallest absolute Gasteiger partial charge is 0.142 e. The summed E-state index contributed by atoms with van der Waals surface area (Å²) in [7, 11) is 0. The van der Waals surface area contributed by atoms with Gasteiger partial charge in [-0.25, -0.2) is 4.39 Å². The van der Waals surface area contributed by atoms with E-state index >= 15 is 0 Å². The summed E-state index contributed by atoms with van der Waals surface area (Å²) in [6.07, 6.45) is 6.41. The predicted octanol–water partition coefficient (Wildman–Crippen LogP) is 3.68. The molecule has 2 N–H and O–H groups in total. The SMILES string of the molecule is Cc1cc(OCC2CCCCC2)c(N)cc1F. The molecular formula is C14H20FNO. The van der Waals surface area contributed by atoms with E-state index in [0.717, 1.165) is 0 Å². The molecule has 0 spiro atoms.